The predicted molar refractivity (Wildman–Crippen MR) is 260 cm³/mol. The second-order valence-electron chi connectivity index (χ2n) is 15.6. The summed E-state index contributed by atoms with van der Waals surface area (Å²) < 4.78 is 16.7. The fraction of sp³-hybridized carbons (Fsp3) is 0.618. The van der Waals surface area contributed by atoms with Crippen molar-refractivity contribution in [3.05, 3.63) is 109 Å². The van der Waals surface area contributed by atoms with Crippen LogP contribution in [0.3, 0.4) is 0 Å². The Labute approximate surface area is 374 Å². The van der Waals surface area contributed by atoms with Gasteiger partial charge in [0.2, 0.25) is 0 Å². The van der Waals surface area contributed by atoms with Gasteiger partial charge in [-0.3, -0.25) is 14.4 Å². The van der Waals surface area contributed by atoms with Crippen LogP contribution in [0.25, 0.3) is 0 Å². The highest BCUT2D eigenvalue weighted by Gasteiger charge is 2.19. The number of unbranched alkanes of at least 4 members (excludes halogenated alkanes) is 13. The Kier molecular flexibility index (Phi) is 45.6. The van der Waals surface area contributed by atoms with Gasteiger partial charge < -0.3 is 14.2 Å². The summed E-state index contributed by atoms with van der Waals surface area (Å²) in [5.41, 5.74) is 0. The molecular weight excluding hydrogens is 757 g/mol. The van der Waals surface area contributed by atoms with Crippen LogP contribution in [-0.4, -0.2) is 37.2 Å². The third kappa shape index (κ3) is 47.0. The van der Waals surface area contributed by atoms with Gasteiger partial charge in [-0.1, -0.05) is 175 Å². The van der Waals surface area contributed by atoms with Crippen LogP contribution in [0, 0.1) is 0 Å². The average molecular weight is 845 g/mol. The fourth-order valence-electron chi connectivity index (χ4n) is 6.11. The molecule has 0 aliphatic carbocycles. The van der Waals surface area contributed by atoms with E-state index >= 15 is 0 Å². The van der Waals surface area contributed by atoms with Crippen molar-refractivity contribution in [1.29, 1.82) is 0 Å². The molecule has 0 N–H and O–H groups in total. The van der Waals surface area contributed by atoms with E-state index < -0.39 is 6.10 Å². The highest BCUT2D eigenvalue weighted by Crippen LogP contribution is 2.12. The quantitative estimate of drug-likeness (QED) is 0.0264. The average Bonchev–Trinajstić information content (AvgIpc) is 3.26. The molecule has 1 unspecified atom stereocenters. The molecule has 1 atom stereocenters. The van der Waals surface area contributed by atoms with Gasteiger partial charge in [-0.15, -0.1) is 0 Å². The SMILES string of the molecule is CC/C=C\C/C=C\C/C=C\C/C=C\CCCCCCC(=O)OCC(COC(=O)CCCCCCC/C=C\CCCC)OC(=O)CCCC/C=C\C/C=C\C/C=C\C/C=C\CC. The van der Waals surface area contributed by atoms with Crippen molar-refractivity contribution in [3.8, 4) is 0 Å². The highest BCUT2D eigenvalue weighted by atomic mass is 16.6. The normalized spacial score (nSPS) is 13.0. The van der Waals surface area contributed by atoms with Gasteiger partial charge in [-0.25, -0.2) is 0 Å². The van der Waals surface area contributed by atoms with E-state index in [1.807, 2.05) is 0 Å². The summed E-state index contributed by atoms with van der Waals surface area (Å²) in [4.78, 5) is 37.9. The summed E-state index contributed by atoms with van der Waals surface area (Å²) in [5.74, 6) is -0.995. The summed E-state index contributed by atoms with van der Waals surface area (Å²) in [6.07, 6.45) is 65.0. The molecule has 0 bridgehead atoms. The molecule has 0 aliphatic heterocycles. The van der Waals surface area contributed by atoms with Crippen LogP contribution >= 0.6 is 0 Å². The van der Waals surface area contributed by atoms with E-state index in [1.165, 1.54) is 25.7 Å². The van der Waals surface area contributed by atoms with Gasteiger partial charge >= 0.3 is 17.9 Å². The second-order valence-corrected chi connectivity index (χ2v) is 15.6. The molecule has 0 spiro atoms. The number of hydrogen-bond donors (Lipinski definition) is 0. The van der Waals surface area contributed by atoms with Crippen LogP contribution in [-0.2, 0) is 28.6 Å². The van der Waals surface area contributed by atoms with Gasteiger partial charge in [0.1, 0.15) is 13.2 Å². The molecule has 0 saturated carbocycles. The topological polar surface area (TPSA) is 78.9 Å². The summed E-state index contributed by atoms with van der Waals surface area (Å²) in [7, 11) is 0. The first-order valence-electron chi connectivity index (χ1n) is 24.4. The monoisotopic (exact) mass is 845 g/mol. The van der Waals surface area contributed by atoms with Gasteiger partial charge in [0.05, 0.1) is 0 Å². The summed E-state index contributed by atoms with van der Waals surface area (Å²) >= 11 is 0. The van der Waals surface area contributed by atoms with Gasteiger partial charge in [-0.2, -0.15) is 0 Å². The molecule has 61 heavy (non-hydrogen) atoms. The summed E-state index contributed by atoms with van der Waals surface area (Å²) in [6.45, 7) is 6.28. The molecule has 0 saturated heterocycles. The maximum absolute atomic E-state index is 12.8. The van der Waals surface area contributed by atoms with E-state index in [0.717, 1.165) is 128 Å². The molecule has 0 aliphatic rings. The highest BCUT2D eigenvalue weighted by molar-refractivity contribution is 5.71. The molecule has 0 rings (SSSR count). The minimum absolute atomic E-state index is 0.110. The van der Waals surface area contributed by atoms with Crippen LogP contribution in [0.4, 0.5) is 0 Å². The standard InChI is InChI=1S/C55H88O6/c1-4-7-10-13-16-19-22-24-26-27-29-30-33-36-39-42-45-48-54(57)60-51-52(50-59-53(56)47-44-41-38-35-32-21-18-15-12-9-6-3)61-55(58)49-46-43-40-37-34-31-28-25-23-20-17-14-11-8-5-2/h7-8,10-11,15-20,24-26,28-30,34,37,52H,4-6,9,12-14,21-23,27,31-33,35-36,38-51H2,1-3H3/b10-7-,11-8-,18-15-,19-16-,20-17-,26-24-,28-25-,30-29-,37-34-. The predicted octanol–water partition coefficient (Wildman–Crippen LogP) is 16.0. The minimum Gasteiger partial charge on any atom is -0.462 e. The Bertz CT molecular complexity index is 1290. The van der Waals surface area contributed by atoms with Gasteiger partial charge in [0, 0.05) is 19.3 Å². The zero-order chi connectivity index (χ0) is 44.4. The molecule has 6 nitrogen and oxygen atoms in total. The van der Waals surface area contributed by atoms with Crippen molar-refractivity contribution in [1.82, 2.24) is 0 Å². The van der Waals surface area contributed by atoms with Crippen LogP contribution < -0.4 is 0 Å². The first-order chi connectivity index (χ1) is 30.0. The lowest BCUT2D eigenvalue weighted by Gasteiger charge is -2.18. The number of carbonyl (C=O) groups excluding carboxylic acids is 3. The van der Waals surface area contributed by atoms with Crippen LogP contribution in [0.2, 0.25) is 0 Å². The molecule has 0 aromatic rings. The number of ether oxygens (including phenoxy) is 3. The smallest absolute Gasteiger partial charge is 0.306 e. The van der Waals surface area contributed by atoms with E-state index in [1.54, 1.807) is 0 Å². The van der Waals surface area contributed by atoms with E-state index in [2.05, 4.69) is 130 Å². The molecule has 0 aromatic carbocycles. The number of allylic oxidation sites excluding steroid dienone is 18. The Morgan fingerprint density at radius 2 is 0.639 bits per heavy atom. The number of hydrogen-bond acceptors (Lipinski definition) is 6. The molecule has 0 radical (unpaired) electrons. The van der Waals surface area contributed by atoms with Crippen LogP contribution in [0.1, 0.15) is 201 Å². The third-order valence-electron chi connectivity index (χ3n) is 9.74. The maximum Gasteiger partial charge on any atom is 0.306 e. The lowest BCUT2D eigenvalue weighted by molar-refractivity contribution is -0.167. The summed E-state index contributed by atoms with van der Waals surface area (Å²) in [5, 5.41) is 0. The largest absolute Gasteiger partial charge is 0.462 e. The first-order valence-corrected chi connectivity index (χ1v) is 24.4. The first kappa shape index (κ1) is 57.1. The van der Waals surface area contributed by atoms with Gasteiger partial charge in [-0.05, 0) is 116 Å². The van der Waals surface area contributed by atoms with Crippen LogP contribution in [0.5, 0.6) is 0 Å². The van der Waals surface area contributed by atoms with Crippen molar-refractivity contribution in [3.63, 3.8) is 0 Å². The second kappa shape index (κ2) is 48.7. The molecule has 0 aromatic heterocycles. The zero-order valence-electron chi connectivity index (χ0n) is 39.1. The van der Waals surface area contributed by atoms with E-state index in [0.29, 0.717) is 19.3 Å². The van der Waals surface area contributed by atoms with E-state index in [-0.39, 0.29) is 37.5 Å². The van der Waals surface area contributed by atoms with Crippen molar-refractivity contribution in [2.75, 3.05) is 13.2 Å². The molecule has 0 amide bonds. The Hall–Kier alpha value is -3.93. The van der Waals surface area contributed by atoms with E-state index in [4.69, 9.17) is 14.2 Å². The number of rotatable bonds is 42. The molecule has 0 heterocycles. The third-order valence-corrected chi connectivity index (χ3v) is 9.74. The van der Waals surface area contributed by atoms with Crippen molar-refractivity contribution in [2.45, 2.75) is 207 Å². The lowest BCUT2D eigenvalue weighted by atomic mass is 10.1. The van der Waals surface area contributed by atoms with Gasteiger partial charge in [0.15, 0.2) is 6.10 Å². The zero-order valence-corrected chi connectivity index (χ0v) is 39.1. The van der Waals surface area contributed by atoms with Crippen LogP contribution in [0.15, 0.2) is 109 Å². The van der Waals surface area contributed by atoms with Crippen molar-refractivity contribution < 1.29 is 28.6 Å². The Morgan fingerprint density at radius 3 is 1.05 bits per heavy atom. The minimum atomic E-state index is -0.814. The molecule has 0 fully saturated rings. The molecule has 6 heteroatoms. The fourth-order valence-corrected chi connectivity index (χ4v) is 6.11. The number of carbonyl (C=O) groups is 3. The number of esters is 3. The Morgan fingerprint density at radius 1 is 0.344 bits per heavy atom. The molecule has 344 valence electrons. The van der Waals surface area contributed by atoms with Gasteiger partial charge in [0.25, 0.3) is 0 Å². The van der Waals surface area contributed by atoms with Crippen molar-refractivity contribution in [2.24, 2.45) is 0 Å². The molecular formula is C55H88O6. The Balaban J connectivity index is 4.52. The van der Waals surface area contributed by atoms with E-state index in [9.17, 15) is 14.4 Å². The lowest BCUT2D eigenvalue weighted by Crippen LogP contribution is -2.30. The summed E-state index contributed by atoms with van der Waals surface area (Å²) in [6, 6.07) is 0. The van der Waals surface area contributed by atoms with Crippen molar-refractivity contribution >= 4 is 17.9 Å². The maximum atomic E-state index is 12.8.